The number of halogens is 1. The van der Waals surface area contributed by atoms with Crippen LogP contribution in [0.5, 0.6) is 0 Å². The number of ketones is 1. The Bertz CT molecular complexity index is 156. The van der Waals surface area contributed by atoms with Gasteiger partial charge in [-0.05, 0) is 6.92 Å². The molecule has 0 radical (unpaired) electrons. The van der Waals surface area contributed by atoms with E-state index in [-0.39, 0.29) is 18.8 Å². The Morgan fingerprint density at radius 1 is 1.45 bits per heavy atom. The molecule has 11 heavy (non-hydrogen) atoms. The molecule has 0 amide bonds. The van der Waals surface area contributed by atoms with E-state index in [2.05, 4.69) is 4.74 Å². The van der Waals surface area contributed by atoms with Crippen molar-refractivity contribution < 1.29 is 14.3 Å². The summed E-state index contributed by atoms with van der Waals surface area (Å²) in [6, 6.07) is 0. The van der Waals surface area contributed by atoms with Gasteiger partial charge in [-0.15, -0.1) is 11.6 Å². The molecule has 0 bridgehead atoms. The van der Waals surface area contributed by atoms with Crippen LogP contribution in [0.1, 0.15) is 20.3 Å². The van der Waals surface area contributed by atoms with Crippen LogP contribution in [0, 0.1) is 0 Å². The highest BCUT2D eigenvalue weighted by Crippen LogP contribution is 2.02. The summed E-state index contributed by atoms with van der Waals surface area (Å²) in [5.41, 5.74) is 0. The van der Waals surface area contributed by atoms with Crippen LogP contribution in [0.25, 0.3) is 0 Å². The first-order valence-electron chi connectivity index (χ1n) is 3.46. The molecule has 1 atom stereocenters. The number of rotatable bonds is 4. The van der Waals surface area contributed by atoms with Crippen molar-refractivity contribution in [2.75, 3.05) is 6.61 Å². The van der Waals surface area contributed by atoms with Crippen molar-refractivity contribution in [3.8, 4) is 0 Å². The van der Waals surface area contributed by atoms with Gasteiger partial charge in [-0.25, -0.2) is 4.79 Å². The lowest BCUT2D eigenvalue weighted by molar-refractivity contribution is -0.145. The van der Waals surface area contributed by atoms with Crippen LogP contribution in [0.3, 0.4) is 0 Å². The van der Waals surface area contributed by atoms with Gasteiger partial charge in [0.1, 0.15) is 0 Å². The number of alkyl halides is 1. The van der Waals surface area contributed by atoms with Crippen LogP contribution in [0.15, 0.2) is 0 Å². The van der Waals surface area contributed by atoms with Gasteiger partial charge in [-0.2, -0.15) is 0 Å². The lowest BCUT2D eigenvalue weighted by Crippen LogP contribution is -2.26. The zero-order valence-electron chi connectivity index (χ0n) is 6.59. The summed E-state index contributed by atoms with van der Waals surface area (Å²) >= 11 is 5.44. The van der Waals surface area contributed by atoms with Gasteiger partial charge in [0, 0.05) is 6.42 Å². The van der Waals surface area contributed by atoms with Crippen LogP contribution in [0.4, 0.5) is 0 Å². The van der Waals surface area contributed by atoms with Crippen molar-refractivity contribution in [3.63, 3.8) is 0 Å². The lowest BCUT2D eigenvalue weighted by Gasteiger charge is -2.04. The summed E-state index contributed by atoms with van der Waals surface area (Å²) in [5, 5.41) is -1.13. The Morgan fingerprint density at radius 3 is 2.36 bits per heavy atom. The van der Waals surface area contributed by atoms with Crippen LogP contribution < -0.4 is 0 Å². The molecule has 3 nitrogen and oxygen atoms in total. The summed E-state index contributed by atoms with van der Waals surface area (Å²) in [6.07, 6.45) is 0.257. The predicted molar refractivity (Wildman–Crippen MR) is 41.6 cm³/mol. The molecule has 0 aromatic rings. The van der Waals surface area contributed by atoms with Crippen molar-refractivity contribution in [3.05, 3.63) is 0 Å². The first kappa shape index (κ1) is 10.4. The molecule has 0 aliphatic heterocycles. The number of ether oxygens (including phenoxy) is 1. The summed E-state index contributed by atoms with van der Waals surface area (Å²) in [4.78, 5) is 21.6. The summed E-state index contributed by atoms with van der Waals surface area (Å²) in [7, 11) is 0. The summed E-state index contributed by atoms with van der Waals surface area (Å²) in [6.45, 7) is 3.56. The molecule has 0 rings (SSSR count). The molecule has 0 unspecified atom stereocenters. The van der Waals surface area contributed by atoms with Crippen LogP contribution in [-0.4, -0.2) is 23.7 Å². The van der Waals surface area contributed by atoms with Gasteiger partial charge in [0.25, 0.3) is 0 Å². The first-order valence-corrected chi connectivity index (χ1v) is 3.90. The van der Waals surface area contributed by atoms with E-state index in [1.54, 1.807) is 13.8 Å². The van der Waals surface area contributed by atoms with E-state index in [4.69, 9.17) is 11.6 Å². The third-order valence-corrected chi connectivity index (χ3v) is 1.55. The fourth-order valence-corrected chi connectivity index (χ4v) is 0.743. The van der Waals surface area contributed by atoms with Gasteiger partial charge in [-0.1, -0.05) is 6.92 Å². The summed E-state index contributed by atoms with van der Waals surface area (Å²) in [5.74, 6) is -0.953. The van der Waals surface area contributed by atoms with Crippen molar-refractivity contribution >= 4 is 23.4 Å². The van der Waals surface area contributed by atoms with E-state index in [0.717, 1.165) is 0 Å². The maximum atomic E-state index is 10.8. The second kappa shape index (κ2) is 5.13. The highest BCUT2D eigenvalue weighted by atomic mass is 35.5. The lowest BCUT2D eigenvalue weighted by atomic mass is 10.2. The average molecular weight is 179 g/mol. The molecule has 0 N–H and O–H groups in total. The number of hydrogen-bond acceptors (Lipinski definition) is 3. The normalized spacial score (nSPS) is 12.3. The Balaban J connectivity index is 3.91. The molecule has 4 heteroatoms. The van der Waals surface area contributed by atoms with E-state index in [1.807, 2.05) is 0 Å². The van der Waals surface area contributed by atoms with Crippen molar-refractivity contribution in [2.45, 2.75) is 25.6 Å². The minimum atomic E-state index is -1.13. The Hall–Kier alpha value is -0.570. The molecule has 0 fully saturated rings. The highest BCUT2D eigenvalue weighted by Gasteiger charge is 2.22. The first-order chi connectivity index (χ1) is 5.13. The molecule has 0 aliphatic rings. The fraction of sp³-hybridized carbons (Fsp3) is 0.714. The van der Waals surface area contributed by atoms with Gasteiger partial charge < -0.3 is 4.74 Å². The molecule has 64 valence electrons. The van der Waals surface area contributed by atoms with E-state index in [9.17, 15) is 9.59 Å². The molecular formula is C7H11ClO3. The van der Waals surface area contributed by atoms with E-state index >= 15 is 0 Å². The molecule has 0 spiro atoms. The van der Waals surface area contributed by atoms with E-state index in [0.29, 0.717) is 0 Å². The Labute approximate surface area is 70.7 Å². The third kappa shape index (κ3) is 3.37. The SMILES string of the molecule is CCOC(=O)[C@@H](Cl)C(=O)CC. The zero-order valence-corrected chi connectivity index (χ0v) is 7.35. The minimum absolute atomic E-state index is 0.249. The smallest absolute Gasteiger partial charge is 0.331 e. The molecule has 0 saturated heterocycles. The summed E-state index contributed by atoms with van der Waals surface area (Å²) < 4.78 is 4.53. The molecule has 0 aliphatic carbocycles. The maximum absolute atomic E-state index is 10.8. The van der Waals surface area contributed by atoms with Gasteiger partial charge in [0.2, 0.25) is 0 Å². The quantitative estimate of drug-likeness (QED) is 0.368. The largest absolute Gasteiger partial charge is 0.465 e. The molecule has 0 saturated carbocycles. The van der Waals surface area contributed by atoms with Gasteiger partial charge in [0.15, 0.2) is 11.2 Å². The molecule has 0 heterocycles. The topological polar surface area (TPSA) is 43.4 Å². The van der Waals surface area contributed by atoms with Gasteiger partial charge in [0.05, 0.1) is 6.61 Å². The van der Waals surface area contributed by atoms with Gasteiger partial charge >= 0.3 is 5.97 Å². The van der Waals surface area contributed by atoms with Crippen LogP contribution >= 0.6 is 11.6 Å². The number of hydrogen-bond donors (Lipinski definition) is 0. The predicted octanol–water partition coefficient (Wildman–Crippen LogP) is 1.14. The average Bonchev–Trinajstić information content (AvgIpc) is 2.02. The minimum Gasteiger partial charge on any atom is -0.465 e. The number of carbonyl (C=O) groups is 2. The molecule has 0 aromatic heterocycles. The van der Waals surface area contributed by atoms with Crippen molar-refractivity contribution in [2.24, 2.45) is 0 Å². The van der Waals surface area contributed by atoms with E-state index < -0.39 is 11.3 Å². The second-order valence-corrected chi connectivity index (χ2v) is 2.37. The Morgan fingerprint density at radius 2 is 2.00 bits per heavy atom. The van der Waals surface area contributed by atoms with E-state index in [1.165, 1.54) is 0 Å². The monoisotopic (exact) mass is 178 g/mol. The zero-order chi connectivity index (χ0) is 8.85. The standard InChI is InChI=1S/C7H11ClO3/c1-3-5(9)6(8)7(10)11-4-2/h6H,3-4H2,1-2H3/t6-/m0/s1. The highest BCUT2D eigenvalue weighted by molar-refractivity contribution is 6.41. The number of esters is 1. The molecule has 0 aromatic carbocycles. The maximum Gasteiger partial charge on any atom is 0.331 e. The van der Waals surface area contributed by atoms with Crippen molar-refractivity contribution in [1.82, 2.24) is 0 Å². The Kier molecular flexibility index (Phi) is 4.86. The second-order valence-electron chi connectivity index (χ2n) is 1.93. The van der Waals surface area contributed by atoms with Gasteiger partial charge in [-0.3, -0.25) is 4.79 Å². The molecular weight excluding hydrogens is 168 g/mol. The van der Waals surface area contributed by atoms with Crippen molar-refractivity contribution in [1.29, 1.82) is 0 Å². The number of Topliss-reactive ketones (excluding diaryl/α,β-unsaturated/α-hetero) is 1. The van der Waals surface area contributed by atoms with Crippen LogP contribution in [-0.2, 0) is 14.3 Å². The fourth-order valence-electron chi connectivity index (χ4n) is 0.526. The third-order valence-electron chi connectivity index (χ3n) is 1.12. The van der Waals surface area contributed by atoms with Crippen LogP contribution in [0.2, 0.25) is 0 Å². The number of carbonyl (C=O) groups excluding carboxylic acids is 2.